The van der Waals surface area contributed by atoms with E-state index in [1.165, 1.54) is 16.7 Å². The summed E-state index contributed by atoms with van der Waals surface area (Å²) in [5, 5.41) is 0. The molecule has 0 aliphatic heterocycles. The van der Waals surface area contributed by atoms with Crippen molar-refractivity contribution in [2.75, 3.05) is 0 Å². The highest BCUT2D eigenvalue weighted by molar-refractivity contribution is 5.31. The zero-order valence-electron chi connectivity index (χ0n) is 9.65. The van der Waals surface area contributed by atoms with E-state index in [2.05, 4.69) is 52.1 Å². The number of hydrogen-bond donors (Lipinski definition) is 0. The summed E-state index contributed by atoms with van der Waals surface area (Å²) < 4.78 is 0. The van der Waals surface area contributed by atoms with E-state index in [0.29, 0.717) is 0 Å². The minimum absolute atomic E-state index is 1.38. The van der Waals surface area contributed by atoms with Crippen LogP contribution in [0.3, 0.4) is 0 Å². The second-order valence-electron chi connectivity index (χ2n) is 2.52. The molecule has 0 bridgehead atoms. The first-order chi connectivity index (χ1) is 6.22. The maximum atomic E-state index is 3.00. The van der Waals surface area contributed by atoms with Crippen LogP contribution in [0.1, 0.15) is 30.5 Å². The zero-order chi connectivity index (χ0) is 10.9. The molecule has 0 aliphatic rings. The lowest BCUT2D eigenvalue weighted by atomic mass is 10.1. The van der Waals surface area contributed by atoms with Crippen molar-refractivity contribution in [3.05, 3.63) is 48.0 Å². The van der Waals surface area contributed by atoms with E-state index in [1.807, 2.05) is 13.8 Å². The van der Waals surface area contributed by atoms with Gasteiger partial charge in [0, 0.05) is 0 Å². The second-order valence-corrected chi connectivity index (χ2v) is 2.52. The van der Waals surface area contributed by atoms with Gasteiger partial charge in [-0.1, -0.05) is 32.0 Å². The predicted molar refractivity (Wildman–Crippen MR) is 63.3 cm³/mol. The molecule has 0 saturated heterocycles. The number of benzene rings is 1. The van der Waals surface area contributed by atoms with Gasteiger partial charge in [0.25, 0.3) is 0 Å². The molecule has 0 heteroatoms. The van der Waals surface area contributed by atoms with Crippen LogP contribution in [0, 0.1) is 20.8 Å². The van der Waals surface area contributed by atoms with Gasteiger partial charge in [-0.05, 0) is 37.5 Å². The van der Waals surface area contributed by atoms with Gasteiger partial charge in [0.2, 0.25) is 0 Å². The Morgan fingerprint density at radius 2 is 1.15 bits per heavy atom. The van der Waals surface area contributed by atoms with E-state index in [0.717, 1.165) is 0 Å². The Hall–Kier alpha value is -1.04. The van der Waals surface area contributed by atoms with Gasteiger partial charge in [0.05, 0.1) is 0 Å². The molecule has 0 N–H and O–H groups in total. The van der Waals surface area contributed by atoms with Crippen molar-refractivity contribution in [2.24, 2.45) is 0 Å². The quantitative estimate of drug-likeness (QED) is 0.515. The Labute approximate surface area is 83.3 Å². The molecule has 74 valence electrons. The standard InChI is InChI=1S/C9H12.C2H6.C2H4/c1-7-5-4-6-8(2)9(7)3;2*1-2/h4-6H,1-3H3;1-2H3;1-2H2. The molecule has 1 aromatic rings. The summed E-state index contributed by atoms with van der Waals surface area (Å²) in [4.78, 5) is 0. The summed E-state index contributed by atoms with van der Waals surface area (Å²) in [5.41, 5.74) is 4.18. The molecule has 0 atom stereocenters. The second kappa shape index (κ2) is 9.05. The summed E-state index contributed by atoms with van der Waals surface area (Å²) >= 11 is 0. The van der Waals surface area contributed by atoms with Gasteiger partial charge >= 0.3 is 0 Å². The fourth-order valence-corrected chi connectivity index (χ4v) is 0.898. The molecular formula is C13H22. The topological polar surface area (TPSA) is 0 Å². The highest BCUT2D eigenvalue weighted by atomic mass is 14.0. The number of hydrogen-bond acceptors (Lipinski definition) is 0. The van der Waals surface area contributed by atoms with Gasteiger partial charge in [-0.15, -0.1) is 13.2 Å². The Morgan fingerprint density at radius 3 is 1.38 bits per heavy atom. The van der Waals surface area contributed by atoms with Crippen LogP contribution in [-0.4, -0.2) is 0 Å². The summed E-state index contributed by atoms with van der Waals surface area (Å²) in [6, 6.07) is 6.38. The first kappa shape index (κ1) is 14.5. The van der Waals surface area contributed by atoms with Crippen molar-refractivity contribution in [1.29, 1.82) is 0 Å². The van der Waals surface area contributed by atoms with Crippen molar-refractivity contribution >= 4 is 0 Å². The summed E-state index contributed by atoms with van der Waals surface area (Å²) in [6.45, 7) is 16.4. The highest BCUT2D eigenvalue weighted by Crippen LogP contribution is 2.09. The lowest BCUT2D eigenvalue weighted by Gasteiger charge is -2.00. The molecule has 0 unspecified atom stereocenters. The molecule has 1 rings (SSSR count). The molecular weight excluding hydrogens is 156 g/mol. The molecule has 0 amide bonds. The van der Waals surface area contributed by atoms with E-state index in [9.17, 15) is 0 Å². The van der Waals surface area contributed by atoms with Crippen LogP contribution in [0.25, 0.3) is 0 Å². The van der Waals surface area contributed by atoms with Crippen LogP contribution < -0.4 is 0 Å². The van der Waals surface area contributed by atoms with Crippen LogP contribution in [0.2, 0.25) is 0 Å². The lowest BCUT2D eigenvalue weighted by Crippen LogP contribution is -1.82. The fraction of sp³-hybridized carbons (Fsp3) is 0.385. The average Bonchev–Trinajstić information content (AvgIpc) is 2.20. The molecule has 0 aromatic heterocycles. The maximum absolute atomic E-state index is 3.00. The van der Waals surface area contributed by atoms with Crippen LogP contribution in [0.4, 0.5) is 0 Å². The largest absolute Gasteiger partial charge is 0.106 e. The first-order valence-electron chi connectivity index (χ1n) is 4.74. The molecule has 0 heterocycles. The monoisotopic (exact) mass is 178 g/mol. The first-order valence-corrected chi connectivity index (χ1v) is 4.74. The van der Waals surface area contributed by atoms with Crippen LogP contribution >= 0.6 is 0 Å². The van der Waals surface area contributed by atoms with Gasteiger partial charge in [-0.3, -0.25) is 0 Å². The SMILES string of the molecule is C=C.CC.Cc1cccc(C)c1C. The Kier molecular flexibility index (Phi) is 10.1. The Bertz CT molecular complexity index is 203. The predicted octanol–water partition coefficient (Wildman–Crippen LogP) is 4.44. The number of rotatable bonds is 0. The molecule has 1 aromatic carbocycles. The molecule has 0 nitrogen and oxygen atoms in total. The van der Waals surface area contributed by atoms with Crippen LogP contribution in [0.5, 0.6) is 0 Å². The van der Waals surface area contributed by atoms with E-state index < -0.39 is 0 Å². The lowest BCUT2D eigenvalue weighted by molar-refractivity contribution is 1.27. The highest BCUT2D eigenvalue weighted by Gasteiger charge is 1.91. The minimum atomic E-state index is 1.38. The third-order valence-electron chi connectivity index (χ3n) is 1.88. The van der Waals surface area contributed by atoms with Crippen molar-refractivity contribution < 1.29 is 0 Å². The zero-order valence-corrected chi connectivity index (χ0v) is 9.65. The van der Waals surface area contributed by atoms with Crippen molar-refractivity contribution in [1.82, 2.24) is 0 Å². The normalized spacial score (nSPS) is 7.46. The molecule has 0 spiro atoms. The van der Waals surface area contributed by atoms with E-state index in [1.54, 1.807) is 0 Å². The van der Waals surface area contributed by atoms with Gasteiger partial charge < -0.3 is 0 Å². The summed E-state index contributed by atoms with van der Waals surface area (Å²) in [6.07, 6.45) is 0. The van der Waals surface area contributed by atoms with E-state index in [4.69, 9.17) is 0 Å². The molecule has 13 heavy (non-hydrogen) atoms. The van der Waals surface area contributed by atoms with Gasteiger partial charge in [0.1, 0.15) is 0 Å². The third kappa shape index (κ3) is 5.24. The average molecular weight is 178 g/mol. The Morgan fingerprint density at radius 1 is 0.846 bits per heavy atom. The summed E-state index contributed by atoms with van der Waals surface area (Å²) in [7, 11) is 0. The molecule has 0 radical (unpaired) electrons. The maximum Gasteiger partial charge on any atom is -0.0392 e. The van der Waals surface area contributed by atoms with E-state index in [-0.39, 0.29) is 0 Å². The smallest absolute Gasteiger partial charge is 0.0392 e. The fourth-order valence-electron chi connectivity index (χ4n) is 0.898. The van der Waals surface area contributed by atoms with Gasteiger partial charge in [-0.25, -0.2) is 0 Å². The molecule has 0 saturated carbocycles. The van der Waals surface area contributed by atoms with Gasteiger partial charge in [-0.2, -0.15) is 0 Å². The minimum Gasteiger partial charge on any atom is -0.106 e. The van der Waals surface area contributed by atoms with Gasteiger partial charge in [0.15, 0.2) is 0 Å². The Balaban J connectivity index is 0. The van der Waals surface area contributed by atoms with Crippen LogP contribution in [-0.2, 0) is 0 Å². The number of aryl methyl sites for hydroxylation is 2. The van der Waals surface area contributed by atoms with Crippen molar-refractivity contribution in [3.63, 3.8) is 0 Å². The van der Waals surface area contributed by atoms with Crippen molar-refractivity contribution in [3.8, 4) is 0 Å². The van der Waals surface area contributed by atoms with Crippen molar-refractivity contribution in [2.45, 2.75) is 34.6 Å². The molecule has 0 aliphatic carbocycles. The molecule has 0 fully saturated rings. The van der Waals surface area contributed by atoms with E-state index >= 15 is 0 Å². The summed E-state index contributed by atoms with van der Waals surface area (Å²) in [5.74, 6) is 0. The third-order valence-corrected chi connectivity index (χ3v) is 1.88. The van der Waals surface area contributed by atoms with Crippen LogP contribution in [0.15, 0.2) is 31.4 Å².